The zero-order valence-corrected chi connectivity index (χ0v) is 15.3. The minimum Gasteiger partial charge on any atom is -0.423 e. The van der Waals surface area contributed by atoms with E-state index in [-0.39, 0.29) is 11.9 Å². The van der Waals surface area contributed by atoms with Crippen molar-refractivity contribution >= 4 is 5.97 Å². The topological polar surface area (TPSA) is 72.5 Å². The van der Waals surface area contributed by atoms with E-state index in [9.17, 15) is 9.90 Å². The lowest BCUT2D eigenvalue weighted by Crippen LogP contribution is -2.41. The van der Waals surface area contributed by atoms with E-state index in [1.165, 1.54) is 6.42 Å². The van der Waals surface area contributed by atoms with Crippen molar-refractivity contribution in [1.82, 2.24) is 0 Å². The molecular formula is C22H27NO3. The molecule has 3 rings (SSSR count). The summed E-state index contributed by atoms with van der Waals surface area (Å²) in [5, 5.41) is 11.0. The third kappa shape index (κ3) is 4.14. The highest BCUT2D eigenvalue weighted by atomic mass is 16.5. The van der Waals surface area contributed by atoms with Crippen LogP contribution in [0.2, 0.25) is 0 Å². The molecule has 0 aromatic heterocycles. The summed E-state index contributed by atoms with van der Waals surface area (Å²) in [4.78, 5) is 12.2. The van der Waals surface area contributed by atoms with Crippen LogP contribution in [0.25, 0.3) is 0 Å². The van der Waals surface area contributed by atoms with Crippen molar-refractivity contribution < 1.29 is 14.6 Å². The number of hydrogen-bond acceptors (Lipinski definition) is 4. The second kappa shape index (κ2) is 8.02. The van der Waals surface area contributed by atoms with Crippen LogP contribution in [0.3, 0.4) is 0 Å². The van der Waals surface area contributed by atoms with Crippen molar-refractivity contribution in [2.75, 3.05) is 6.54 Å². The molecule has 4 heteroatoms. The molecule has 138 valence electrons. The van der Waals surface area contributed by atoms with Gasteiger partial charge in [0.25, 0.3) is 0 Å². The normalized spacial score (nSPS) is 17.5. The van der Waals surface area contributed by atoms with Crippen molar-refractivity contribution in [3.05, 3.63) is 65.2 Å². The van der Waals surface area contributed by atoms with Gasteiger partial charge < -0.3 is 15.6 Å². The molecule has 1 saturated carbocycles. The Balaban J connectivity index is 1.71. The number of benzene rings is 2. The first kappa shape index (κ1) is 18.6. The summed E-state index contributed by atoms with van der Waals surface area (Å²) in [5.41, 5.74) is 7.87. The molecule has 2 aromatic carbocycles. The molecule has 0 bridgehead atoms. The first-order chi connectivity index (χ1) is 12.5. The van der Waals surface area contributed by atoms with Gasteiger partial charge in [-0.25, -0.2) is 4.79 Å². The maximum Gasteiger partial charge on any atom is 0.343 e. The molecular weight excluding hydrogens is 326 g/mol. The molecule has 0 aliphatic heterocycles. The average molecular weight is 353 g/mol. The molecule has 4 nitrogen and oxygen atoms in total. The number of esters is 1. The molecule has 1 atom stereocenters. The molecule has 3 N–H and O–H groups in total. The van der Waals surface area contributed by atoms with Crippen LogP contribution in [0, 0.1) is 6.92 Å². The van der Waals surface area contributed by atoms with E-state index in [1.54, 1.807) is 24.3 Å². The van der Waals surface area contributed by atoms with Crippen LogP contribution in [-0.2, 0) is 0 Å². The number of aryl methyl sites for hydroxylation is 1. The summed E-state index contributed by atoms with van der Waals surface area (Å²) in [6.07, 6.45) is 4.84. The molecule has 1 aliphatic rings. The van der Waals surface area contributed by atoms with Gasteiger partial charge in [0.1, 0.15) is 5.75 Å². The van der Waals surface area contributed by atoms with Gasteiger partial charge in [0, 0.05) is 12.5 Å². The minimum atomic E-state index is -0.729. The Labute approximate surface area is 155 Å². The van der Waals surface area contributed by atoms with Gasteiger partial charge in [-0.1, -0.05) is 49.1 Å². The number of rotatable bonds is 5. The Hall–Kier alpha value is -2.17. The second-order valence-corrected chi connectivity index (χ2v) is 7.28. The molecule has 0 heterocycles. The molecule has 0 amide bonds. The predicted molar refractivity (Wildman–Crippen MR) is 102 cm³/mol. The Morgan fingerprint density at radius 1 is 1.08 bits per heavy atom. The Kier molecular flexibility index (Phi) is 5.74. The lowest BCUT2D eigenvalue weighted by Gasteiger charge is -2.39. The van der Waals surface area contributed by atoms with Gasteiger partial charge in [-0.05, 0) is 49.6 Å². The van der Waals surface area contributed by atoms with Gasteiger partial charge >= 0.3 is 5.97 Å². The van der Waals surface area contributed by atoms with Crippen molar-refractivity contribution in [3.63, 3.8) is 0 Å². The van der Waals surface area contributed by atoms with Gasteiger partial charge in [0.15, 0.2) is 0 Å². The molecule has 2 aromatic rings. The number of carbonyl (C=O) groups excluding carboxylic acids is 1. The van der Waals surface area contributed by atoms with E-state index in [2.05, 4.69) is 0 Å². The van der Waals surface area contributed by atoms with E-state index in [4.69, 9.17) is 10.5 Å². The Morgan fingerprint density at radius 2 is 1.69 bits per heavy atom. The smallest absolute Gasteiger partial charge is 0.343 e. The number of carbonyl (C=O) groups is 1. The monoisotopic (exact) mass is 353 g/mol. The molecule has 0 spiro atoms. The van der Waals surface area contributed by atoms with Crippen LogP contribution < -0.4 is 10.5 Å². The largest absolute Gasteiger partial charge is 0.423 e. The predicted octanol–water partition coefficient (Wildman–Crippen LogP) is 3.95. The fourth-order valence-corrected chi connectivity index (χ4v) is 3.80. The highest BCUT2D eigenvalue weighted by molar-refractivity contribution is 5.91. The first-order valence-corrected chi connectivity index (χ1v) is 9.33. The maximum absolute atomic E-state index is 12.2. The van der Waals surface area contributed by atoms with Crippen molar-refractivity contribution in [3.8, 4) is 5.75 Å². The van der Waals surface area contributed by atoms with Crippen LogP contribution in [0.5, 0.6) is 5.75 Å². The number of aliphatic hydroxyl groups is 1. The lowest BCUT2D eigenvalue weighted by molar-refractivity contribution is -0.0194. The summed E-state index contributed by atoms with van der Waals surface area (Å²) in [6, 6.07) is 14.6. The van der Waals surface area contributed by atoms with Crippen LogP contribution >= 0.6 is 0 Å². The fourth-order valence-electron chi connectivity index (χ4n) is 3.80. The number of hydrogen-bond donors (Lipinski definition) is 2. The highest BCUT2D eigenvalue weighted by Gasteiger charge is 2.37. The summed E-state index contributed by atoms with van der Waals surface area (Å²) in [5.74, 6) is 0.0226. The first-order valence-electron chi connectivity index (χ1n) is 9.33. The quantitative estimate of drug-likeness (QED) is 0.630. The van der Waals surface area contributed by atoms with Crippen molar-refractivity contribution in [2.45, 2.75) is 50.5 Å². The third-order valence-corrected chi connectivity index (χ3v) is 5.38. The fraction of sp³-hybridized carbons (Fsp3) is 0.409. The Morgan fingerprint density at radius 3 is 2.27 bits per heavy atom. The van der Waals surface area contributed by atoms with Gasteiger partial charge in [0.05, 0.1) is 11.2 Å². The van der Waals surface area contributed by atoms with Crippen LogP contribution in [0.4, 0.5) is 0 Å². The third-order valence-electron chi connectivity index (χ3n) is 5.38. The van der Waals surface area contributed by atoms with Crippen LogP contribution in [0.15, 0.2) is 48.5 Å². The number of ether oxygens (including phenoxy) is 1. The molecule has 1 unspecified atom stereocenters. The summed E-state index contributed by atoms with van der Waals surface area (Å²) in [6.45, 7) is 2.38. The van der Waals surface area contributed by atoms with Crippen LogP contribution in [-0.4, -0.2) is 23.2 Å². The van der Waals surface area contributed by atoms with E-state index in [0.29, 0.717) is 17.9 Å². The maximum atomic E-state index is 12.2. The van der Waals surface area contributed by atoms with E-state index >= 15 is 0 Å². The zero-order valence-electron chi connectivity index (χ0n) is 15.3. The molecule has 0 radical (unpaired) electrons. The van der Waals surface area contributed by atoms with Gasteiger partial charge in [-0.3, -0.25) is 0 Å². The summed E-state index contributed by atoms with van der Waals surface area (Å²) < 4.78 is 5.45. The molecule has 1 fully saturated rings. The van der Waals surface area contributed by atoms with Crippen molar-refractivity contribution in [2.24, 2.45) is 5.73 Å². The summed E-state index contributed by atoms with van der Waals surface area (Å²) in [7, 11) is 0. The standard InChI is InChI=1S/C22H27NO3/c1-16-5-7-18(8-6-16)21(24)26-19-11-9-17(10-12-19)20(15-23)22(25)13-3-2-4-14-22/h5-12,20,25H,2-4,13-15,23H2,1H3. The van der Waals surface area contributed by atoms with E-state index < -0.39 is 5.60 Å². The van der Waals surface area contributed by atoms with Crippen LogP contribution in [0.1, 0.15) is 59.5 Å². The van der Waals surface area contributed by atoms with E-state index in [0.717, 1.165) is 36.8 Å². The molecule has 0 saturated heterocycles. The number of nitrogens with two attached hydrogens (primary N) is 1. The van der Waals surface area contributed by atoms with Crippen molar-refractivity contribution in [1.29, 1.82) is 0 Å². The van der Waals surface area contributed by atoms with Gasteiger partial charge in [-0.2, -0.15) is 0 Å². The minimum absolute atomic E-state index is 0.0929. The second-order valence-electron chi connectivity index (χ2n) is 7.28. The van der Waals surface area contributed by atoms with Gasteiger partial charge in [-0.15, -0.1) is 0 Å². The average Bonchev–Trinajstić information content (AvgIpc) is 2.64. The SMILES string of the molecule is Cc1ccc(C(=O)Oc2ccc(C(CN)C3(O)CCCCC3)cc2)cc1. The molecule has 1 aliphatic carbocycles. The summed E-state index contributed by atoms with van der Waals surface area (Å²) >= 11 is 0. The highest BCUT2D eigenvalue weighted by Crippen LogP contribution is 2.39. The Bertz CT molecular complexity index is 731. The zero-order chi connectivity index (χ0) is 18.6. The van der Waals surface area contributed by atoms with E-state index in [1.807, 2.05) is 31.2 Å². The lowest BCUT2D eigenvalue weighted by atomic mass is 9.73. The van der Waals surface area contributed by atoms with Gasteiger partial charge in [0.2, 0.25) is 0 Å². The molecule has 26 heavy (non-hydrogen) atoms.